The van der Waals surface area contributed by atoms with Gasteiger partial charge in [-0.2, -0.15) is 0 Å². The van der Waals surface area contributed by atoms with Crippen LogP contribution in [-0.4, -0.2) is 5.91 Å². The molecule has 2 aromatic rings. The minimum absolute atomic E-state index is 0.110. The molecule has 0 aromatic heterocycles. The van der Waals surface area contributed by atoms with Gasteiger partial charge in [-0.3, -0.25) is 4.79 Å². The molecular formula is C21H20FNO. The first-order chi connectivity index (χ1) is 11.7. The zero-order chi connectivity index (χ0) is 16.5. The Balaban J connectivity index is 1.50. The molecule has 2 nitrogen and oxygen atoms in total. The van der Waals surface area contributed by atoms with Crippen LogP contribution in [0.25, 0.3) is 5.57 Å². The Labute approximate surface area is 141 Å². The fraction of sp³-hybridized carbons (Fsp3) is 0.286. The summed E-state index contributed by atoms with van der Waals surface area (Å²) in [5.41, 5.74) is 3.46. The van der Waals surface area contributed by atoms with Crippen LogP contribution in [0.5, 0.6) is 0 Å². The van der Waals surface area contributed by atoms with Gasteiger partial charge in [0.25, 0.3) is 5.91 Å². The van der Waals surface area contributed by atoms with Crippen molar-refractivity contribution < 1.29 is 9.18 Å². The summed E-state index contributed by atoms with van der Waals surface area (Å²) in [6.07, 6.45) is 6.47. The van der Waals surface area contributed by atoms with Crippen molar-refractivity contribution in [3.63, 3.8) is 0 Å². The van der Waals surface area contributed by atoms with Crippen molar-refractivity contribution in [2.24, 2.45) is 5.92 Å². The van der Waals surface area contributed by atoms with E-state index in [1.807, 2.05) is 0 Å². The lowest BCUT2D eigenvalue weighted by atomic mass is 9.78. The maximum Gasteiger partial charge on any atom is 0.256 e. The predicted octanol–water partition coefficient (Wildman–Crippen LogP) is 5.14. The van der Waals surface area contributed by atoms with Crippen molar-refractivity contribution in [3.05, 3.63) is 71.6 Å². The summed E-state index contributed by atoms with van der Waals surface area (Å²) in [5, 5.41) is 2.83. The van der Waals surface area contributed by atoms with Gasteiger partial charge in [0.15, 0.2) is 0 Å². The number of allylic oxidation sites excluding steroid dienone is 1. The van der Waals surface area contributed by atoms with Crippen molar-refractivity contribution in [2.45, 2.75) is 31.6 Å². The lowest BCUT2D eigenvalue weighted by molar-refractivity contribution is -0.110. The van der Waals surface area contributed by atoms with Gasteiger partial charge in [-0.15, -0.1) is 0 Å². The number of fused-ring (bicyclic) bond motifs is 1. The van der Waals surface area contributed by atoms with E-state index in [1.54, 1.807) is 6.07 Å². The highest BCUT2D eigenvalue weighted by molar-refractivity contribution is 6.31. The van der Waals surface area contributed by atoms with Crippen LogP contribution in [0.1, 0.15) is 42.7 Å². The first-order valence-electron chi connectivity index (χ1n) is 8.59. The summed E-state index contributed by atoms with van der Waals surface area (Å²) in [5.74, 6) is 0.590. The number of carbonyl (C=O) groups excluding carboxylic acids is 1. The van der Waals surface area contributed by atoms with Crippen LogP contribution in [0.4, 0.5) is 10.1 Å². The lowest BCUT2D eigenvalue weighted by Crippen LogP contribution is -2.13. The molecule has 0 bridgehead atoms. The third-order valence-corrected chi connectivity index (χ3v) is 5.21. The van der Waals surface area contributed by atoms with Crippen LogP contribution in [0.3, 0.4) is 0 Å². The van der Waals surface area contributed by atoms with Gasteiger partial charge >= 0.3 is 0 Å². The SMILES string of the molecule is O=C1Nc2ccc(F)cc2C1=CC1CCC(c2ccccc2)CC1. The average molecular weight is 321 g/mol. The topological polar surface area (TPSA) is 29.1 Å². The maximum absolute atomic E-state index is 13.5. The molecule has 2 aromatic carbocycles. The van der Waals surface area contributed by atoms with Crippen LogP contribution in [-0.2, 0) is 4.79 Å². The summed E-state index contributed by atoms with van der Waals surface area (Å²) in [4.78, 5) is 12.2. The van der Waals surface area contributed by atoms with E-state index in [0.717, 1.165) is 25.7 Å². The molecule has 0 radical (unpaired) electrons. The van der Waals surface area contributed by atoms with Gasteiger partial charge in [-0.05, 0) is 61.3 Å². The molecule has 122 valence electrons. The second-order valence-corrected chi connectivity index (χ2v) is 6.75. The number of amides is 1. The standard InChI is InChI=1S/C21H20FNO/c22-17-10-11-20-18(13-17)19(21(24)23-20)12-14-6-8-16(9-7-14)15-4-2-1-3-5-15/h1-5,10-14,16H,6-9H2,(H,23,24). The minimum atomic E-state index is -0.302. The van der Waals surface area contributed by atoms with Crippen molar-refractivity contribution in [1.29, 1.82) is 0 Å². The summed E-state index contributed by atoms with van der Waals surface area (Å²) in [7, 11) is 0. The number of carbonyl (C=O) groups is 1. The zero-order valence-electron chi connectivity index (χ0n) is 13.5. The van der Waals surface area contributed by atoms with Crippen molar-refractivity contribution in [3.8, 4) is 0 Å². The van der Waals surface area contributed by atoms with Gasteiger partial charge in [0.05, 0.1) is 0 Å². The number of hydrogen-bond acceptors (Lipinski definition) is 1. The van der Waals surface area contributed by atoms with E-state index >= 15 is 0 Å². The highest BCUT2D eigenvalue weighted by Crippen LogP contribution is 2.39. The van der Waals surface area contributed by atoms with Crippen molar-refractivity contribution in [2.75, 3.05) is 5.32 Å². The summed E-state index contributed by atoms with van der Waals surface area (Å²) < 4.78 is 13.5. The van der Waals surface area contributed by atoms with E-state index in [1.165, 1.54) is 17.7 Å². The quantitative estimate of drug-likeness (QED) is 0.763. The van der Waals surface area contributed by atoms with Gasteiger partial charge in [-0.1, -0.05) is 36.4 Å². The Bertz CT molecular complexity index is 789. The lowest BCUT2D eigenvalue weighted by Gasteiger charge is -2.27. The Morgan fingerprint density at radius 2 is 1.75 bits per heavy atom. The molecule has 0 unspecified atom stereocenters. The first-order valence-corrected chi connectivity index (χ1v) is 8.59. The molecule has 1 heterocycles. The van der Waals surface area contributed by atoms with Crippen LogP contribution < -0.4 is 5.32 Å². The molecule has 0 atom stereocenters. The monoisotopic (exact) mass is 321 g/mol. The smallest absolute Gasteiger partial charge is 0.256 e. The molecule has 3 heteroatoms. The number of anilines is 1. The first kappa shape index (κ1) is 15.1. The van der Waals surface area contributed by atoms with Crippen molar-refractivity contribution >= 4 is 17.2 Å². The molecule has 1 amide bonds. The van der Waals surface area contributed by atoms with Gasteiger partial charge in [0.1, 0.15) is 5.82 Å². The molecule has 0 saturated heterocycles. The Morgan fingerprint density at radius 3 is 2.50 bits per heavy atom. The Kier molecular flexibility index (Phi) is 3.93. The fourth-order valence-electron chi connectivity index (χ4n) is 3.91. The van der Waals surface area contributed by atoms with Gasteiger partial charge in [0.2, 0.25) is 0 Å². The molecule has 24 heavy (non-hydrogen) atoms. The average Bonchev–Trinajstić information content (AvgIpc) is 2.92. The number of halogens is 1. The van der Waals surface area contributed by atoms with Crippen LogP contribution in [0.2, 0.25) is 0 Å². The summed E-state index contributed by atoms with van der Waals surface area (Å²) in [6.45, 7) is 0. The van der Waals surface area contributed by atoms with Gasteiger partial charge in [-0.25, -0.2) is 4.39 Å². The molecule has 1 fully saturated rings. The van der Waals surface area contributed by atoms with Crippen LogP contribution >= 0.6 is 0 Å². The second-order valence-electron chi connectivity index (χ2n) is 6.75. The second kappa shape index (κ2) is 6.23. The van der Waals surface area contributed by atoms with Crippen LogP contribution in [0.15, 0.2) is 54.6 Å². The molecule has 1 aliphatic heterocycles. The summed E-state index contributed by atoms with van der Waals surface area (Å²) in [6, 6.07) is 15.1. The number of nitrogens with one attached hydrogen (secondary N) is 1. The van der Waals surface area contributed by atoms with Gasteiger partial charge < -0.3 is 5.32 Å². The van der Waals surface area contributed by atoms with Gasteiger partial charge in [0, 0.05) is 16.8 Å². The Morgan fingerprint density at radius 1 is 1.00 bits per heavy atom. The maximum atomic E-state index is 13.5. The third kappa shape index (κ3) is 2.86. The number of benzene rings is 2. The molecular weight excluding hydrogens is 301 g/mol. The Hall–Kier alpha value is -2.42. The normalized spacial score (nSPS) is 24.7. The van der Waals surface area contributed by atoms with E-state index < -0.39 is 0 Å². The molecule has 0 spiro atoms. The largest absolute Gasteiger partial charge is 0.321 e. The van der Waals surface area contributed by atoms with E-state index in [4.69, 9.17) is 0 Å². The van der Waals surface area contributed by atoms with E-state index in [9.17, 15) is 9.18 Å². The van der Waals surface area contributed by atoms with E-state index in [-0.39, 0.29) is 11.7 Å². The minimum Gasteiger partial charge on any atom is -0.321 e. The highest BCUT2D eigenvalue weighted by Gasteiger charge is 2.27. The molecule has 1 N–H and O–H groups in total. The molecule has 4 rings (SSSR count). The third-order valence-electron chi connectivity index (χ3n) is 5.21. The molecule has 2 aliphatic rings. The predicted molar refractivity (Wildman–Crippen MR) is 94.1 cm³/mol. The van der Waals surface area contributed by atoms with E-state index in [0.29, 0.717) is 28.7 Å². The summed E-state index contributed by atoms with van der Waals surface area (Å²) >= 11 is 0. The number of hydrogen-bond donors (Lipinski definition) is 1. The van der Waals surface area contributed by atoms with Crippen molar-refractivity contribution in [1.82, 2.24) is 0 Å². The van der Waals surface area contributed by atoms with E-state index in [2.05, 4.69) is 41.7 Å². The molecule has 1 saturated carbocycles. The fourth-order valence-corrected chi connectivity index (χ4v) is 3.91. The number of rotatable bonds is 2. The molecule has 1 aliphatic carbocycles. The zero-order valence-corrected chi connectivity index (χ0v) is 13.5. The highest BCUT2D eigenvalue weighted by atomic mass is 19.1. The van der Waals surface area contributed by atoms with Crippen LogP contribution in [0, 0.1) is 11.7 Å².